The Bertz CT molecular complexity index is 479. The van der Waals surface area contributed by atoms with E-state index in [9.17, 15) is 0 Å². The summed E-state index contributed by atoms with van der Waals surface area (Å²) in [4.78, 5) is 0. The maximum Gasteiger partial charge on any atom is 0.129 e. The summed E-state index contributed by atoms with van der Waals surface area (Å²) < 4.78 is 6.37. The fourth-order valence-electron chi connectivity index (χ4n) is 1.27. The van der Waals surface area contributed by atoms with Gasteiger partial charge in [0, 0.05) is 11.6 Å². The highest BCUT2D eigenvalue weighted by molar-refractivity contribution is 5.09. The van der Waals surface area contributed by atoms with E-state index in [0.717, 1.165) is 17.1 Å². The largest absolute Gasteiger partial charge is 0.246 e. The van der Waals surface area contributed by atoms with Gasteiger partial charge >= 0.3 is 0 Å². The van der Waals surface area contributed by atoms with Crippen LogP contribution in [-0.2, 0) is 12.0 Å². The van der Waals surface area contributed by atoms with Gasteiger partial charge in [0.25, 0.3) is 0 Å². The highest BCUT2D eigenvalue weighted by atomic mass is 16.6. The molecule has 0 N–H and O–H groups in total. The third kappa shape index (κ3) is 2.10. The van der Waals surface area contributed by atoms with Crippen LogP contribution >= 0.6 is 0 Å². The van der Waals surface area contributed by atoms with Crippen LogP contribution in [0.1, 0.15) is 37.9 Å². The van der Waals surface area contributed by atoms with Crippen molar-refractivity contribution in [3.8, 4) is 0 Å². The summed E-state index contributed by atoms with van der Waals surface area (Å²) in [6.07, 6.45) is 1.92. The van der Waals surface area contributed by atoms with E-state index in [4.69, 9.17) is 0 Å². The maximum absolute atomic E-state index is 4.63. The van der Waals surface area contributed by atoms with Crippen LogP contribution in [-0.4, -0.2) is 25.3 Å². The zero-order valence-corrected chi connectivity index (χ0v) is 9.93. The van der Waals surface area contributed by atoms with E-state index in [0.29, 0.717) is 6.54 Å². The molecule has 2 heterocycles. The number of rotatable bonds is 2. The van der Waals surface area contributed by atoms with Crippen molar-refractivity contribution in [2.24, 2.45) is 0 Å². The monoisotopic (exact) mass is 221 g/mol. The van der Waals surface area contributed by atoms with Gasteiger partial charge in [-0.15, -0.1) is 5.10 Å². The number of aromatic nitrogens is 5. The molecular weight excluding hydrogens is 206 g/mol. The highest BCUT2D eigenvalue weighted by Gasteiger charge is 2.18. The first-order chi connectivity index (χ1) is 7.47. The summed E-state index contributed by atoms with van der Waals surface area (Å²) in [6.45, 7) is 8.70. The van der Waals surface area contributed by atoms with Gasteiger partial charge in [-0.1, -0.05) is 36.3 Å². The maximum atomic E-state index is 4.63. The fourth-order valence-corrected chi connectivity index (χ4v) is 1.27. The first-order valence-corrected chi connectivity index (χ1v) is 5.15. The average molecular weight is 221 g/mol. The molecular formula is C10H15N5O. The molecule has 0 fully saturated rings. The van der Waals surface area contributed by atoms with Gasteiger partial charge in [-0.2, -0.15) is 0 Å². The topological polar surface area (TPSA) is 69.6 Å². The van der Waals surface area contributed by atoms with Crippen LogP contribution in [0, 0.1) is 6.92 Å². The van der Waals surface area contributed by atoms with Gasteiger partial charge in [0.05, 0.1) is 12.2 Å². The van der Waals surface area contributed by atoms with Crippen LogP contribution < -0.4 is 0 Å². The van der Waals surface area contributed by atoms with Crippen LogP contribution in [0.2, 0.25) is 0 Å². The minimum Gasteiger partial charge on any atom is -0.246 e. The molecule has 0 aromatic carbocycles. The second-order valence-corrected chi connectivity index (χ2v) is 4.85. The van der Waals surface area contributed by atoms with Gasteiger partial charge in [-0.25, -0.2) is 9.31 Å². The van der Waals surface area contributed by atoms with Crippen LogP contribution in [0.4, 0.5) is 0 Å². The Labute approximate surface area is 93.6 Å². The Morgan fingerprint density at radius 3 is 2.56 bits per heavy atom. The summed E-state index contributed by atoms with van der Waals surface area (Å²) >= 11 is 0. The minimum absolute atomic E-state index is 0.00930. The van der Waals surface area contributed by atoms with E-state index < -0.39 is 0 Å². The summed E-state index contributed by atoms with van der Waals surface area (Å²) in [7, 11) is 0. The number of aryl methyl sites for hydroxylation is 1. The molecule has 0 radical (unpaired) electrons. The van der Waals surface area contributed by atoms with Gasteiger partial charge in [-0.3, -0.25) is 0 Å². The van der Waals surface area contributed by atoms with Gasteiger partial charge < -0.3 is 0 Å². The van der Waals surface area contributed by atoms with Crippen molar-refractivity contribution in [1.29, 1.82) is 0 Å². The SMILES string of the molecule is Cc1nonc1Cn1cc(C(C)(C)C)nn1. The molecule has 0 spiro atoms. The molecule has 0 saturated carbocycles. The first kappa shape index (κ1) is 10.8. The molecule has 2 aromatic heterocycles. The van der Waals surface area contributed by atoms with Crippen LogP contribution in [0.3, 0.4) is 0 Å². The second kappa shape index (κ2) is 3.70. The normalized spacial score (nSPS) is 12.0. The lowest BCUT2D eigenvalue weighted by Gasteiger charge is -2.12. The molecule has 0 aliphatic heterocycles. The van der Waals surface area contributed by atoms with Crippen molar-refractivity contribution >= 4 is 0 Å². The smallest absolute Gasteiger partial charge is 0.129 e. The van der Waals surface area contributed by atoms with Gasteiger partial charge in [0.1, 0.15) is 11.4 Å². The van der Waals surface area contributed by atoms with Crippen LogP contribution in [0.25, 0.3) is 0 Å². The molecule has 0 aliphatic carbocycles. The third-order valence-electron chi connectivity index (χ3n) is 2.37. The molecule has 0 aliphatic rings. The molecule has 0 atom stereocenters. The molecule has 16 heavy (non-hydrogen) atoms. The number of nitrogens with zero attached hydrogens (tertiary/aromatic N) is 5. The first-order valence-electron chi connectivity index (χ1n) is 5.15. The average Bonchev–Trinajstić information content (AvgIpc) is 2.76. The molecule has 0 unspecified atom stereocenters. The van der Waals surface area contributed by atoms with Gasteiger partial charge in [0.15, 0.2) is 0 Å². The lowest BCUT2D eigenvalue weighted by molar-refractivity contribution is 0.300. The quantitative estimate of drug-likeness (QED) is 0.764. The molecule has 6 heteroatoms. The Morgan fingerprint density at radius 2 is 2.06 bits per heavy atom. The second-order valence-electron chi connectivity index (χ2n) is 4.85. The van der Waals surface area contributed by atoms with E-state index in [1.165, 1.54) is 0 Å². The zero-order valence-electron chi connectivity index (χ0n) is 9.93. The number of hydrogen-bond acceptors (Lipinski definition) is 5. The van der Waals surface area contributed by atoms with Crippen LogP contribution in [0.5, 0.6) is 0 Å². The van der Waals surface area contributed by atoms with Crippen molar-refractivity contribution in [3.05, 3.63) is 23.3 Å². The fraction of sp³-hybridized carbons (Fsp3) is 0.600. The highest BCUT2D eigenvalue weighted by Crippen LogP contribution is 2.18. The zero-order chi connectivity index (χ0) is 11.8. The van der Waals surface area contributed by atoms with Crippen molar-refractivity contribution in [3.63, 3.8) is 0 Å². The summed E-state index contributed by atoms with van der Waals surface area (Å²) in [5.41, 5.74) is 2.54. The molecule has 0 bridgehead atoms. The Hall–Kier alpha value is -1.72. The third-order valence-corrected chi connectivity index (χ3v) is 2.37. The molecule has 0 saturated heterocycles. The standard InChI is InChI=1S/C10H15N5O/c1-7-8(13-16-12-7)5-15-6-9(11-14-15)10(2,3)4/h6H,5H2,1-4H3. The summed E-state index contributed by atoms with van der Waals surface area (Å²) in [5, 5.41) is 15.7. The Balaban J connectivity index is 2.18. The summed E-state index contributed by atoms with van der Waals surface area (Å²) in [5.74, 6) is 0. The van der Waals surface area contributed by atoms with Crippen molar-refractivity contribution in [2.45, 2.75) is 39.7 Å². The van der Waals surface area contributed by atoms with E-state index >= 15 is 0 Å². The van der Waals surface area contributed by atoms with E-state index in [2.05, 4.69) is 46.0 Å². The van der Waals surface area contributed by atoms with Crippen molar-refractivity contribution in [1.82, 2.24) is 25.3 Å². The van der Waals surface area contributed by atoms with E-state index in [-0.39, 0.29) is 5.41 Å². The van der Waals surface area contributed by atoms with Crippen molar-refractivity contribution in [2.75, 3.05) is 0 Å². The van der Waals surface area contributed by atoms with Crippen molar-refractivity contribution < 1.29 is 4.63 Å². The molecule has 2 aromatic rings. The predicted octanol–water partition coefficient (Wildman–Crippen LogP) is 1.32. The lowest BCUT2D eigenvalue weighted by Crippen LogP contribution is -2.11. The summed E-state index contributed by atoms with van der Waals surface area (Å²) in [6, 6.07) is 0. The number of hydrogen-bond donors (Lipinski definition) is 0. The Morgan fingerprint density at radius 1 is 1.31 bits per heavy atom. The van der Waals surface area contributed by atoms with Gasteiger partial charge in [-0.05, 0) is 6.92 Å². The molecule has 86 valence electrons. The molecule has 0 amide bonds. The van der Waals surface area contributed by atoms with E-state index in [1.54, 1.807) is 4.68 Å². The lowest BCUT2D eigenvalue weighted by atomic mass is 9.93. The predicted molar refractivity (Wildman–Crippen MR) is 56.9 cm³/mol. The van der Waals surface area contributed by atoms with Gasteiger partial charge in [0.2, 0.25) is 0 Å². The minimum atomic E-state index is 0.00930. The molecule has 6 nitrogen and oxygen atoms in total. The van der Waals surface area contributed by atoms with Crippen LogP contribution in [0.15, 0.2) is 10.8 Å². The van der Waals surface area contributed by atoms with E-state index in [1.807, 2.05) is 13.1 Å². The molecule has 2 rings (SSSR count). The Kier molecular flexibility index (Phi) is 2.49.